The first-order valence-corrected chi connectivity index (χ1v) is 8.77. The Morgan fingerprint density at radius 2 is 2.12 bits per heavy atom. The van der Waals surface area contributed by atoms with Crippen molar-refractivity contribution in [3.63, 3.8) is 0 Å². The summed E-state index contributed by atoms with van der Waals surface area (Å²) in [5, 5.41) is 20.6. The van der Waals surface area contributed by atoms with Crippen LogP contribution in [-0.2, 0) is 4.74 Å². The molecular weight excluding hydrogens is 324 g/mol. The van der Waals surface area contributed by atoms with Gasteiger partial charge in [0.15, 0.2) is 5.75 Å². The van der Waals surface area contributed by atoms with Crippen molar-refractivity contribution < 1.29 is 19.6 Å². The summed E-state index contributed by atoms with van der Waals surface area (Å²) >= 11 is 0. The van der Waals surface area contributed by atoms with Crippen molar-refractivity contribution in [1.82, 2.24) is 4.90 Å². The molecular formula is C18H24N2O5. The Kier molecular flexibility index (Phi) is 4.69. The number of hydrogen-bond donors (Lipinski definition) is 1. The molecule has 0 unspecified atom stereocenters. The molecule has 3 rings (SSSR count). The third-order valence-corrected chi connectivity index (χ3v) is 5.85. The molecule has 0 bridgehead atoms. The highest BCUT2D eigenvalue weighted by Crippen LogP contribution is 2.56. The Balaban J connectivity index is 1.81. The van der Waals surface area contributed by atoms with E-state index in [0.717, 1.165) is 38.2 Å². The first-order valence-electron chi connectivity index (χ1n) is 8.77. The van der Waals surface area contributed by atoms with Gasteiger partial charge in [-0.15, -0.1) is 0 Å². The number of benzene rings is 1. The predicted octanol–water partition coefficient (Wildman–Crippen LogP) is 3.11. The molecule has 0 aliphatic heterocycles. The van der Waals surface area contributed by atoms with Crippen LogP contribution < -0.4 is 0 Å². The summed E-state index contributed by atoms with van der Waals surface area (Å²) in [5.41, 5.74) is -0.209. The summed E-state index contributed by atoms with van der Waals surface area (Å²) in [7, 11) is 1.76. The van der Waals surface area contributed by atoms with Crippen molar-refractivity contribution >= 4 is 11.6 Å². The van der Waals surface area contributed by atoms with Crippen molar-refractivity contribution in [2.24, 2.45) is 5.41 Å². The second-order valence-electron chi connectivity index (χ2n) is 7.01. The van der Waals surface area contributed by atoms with Gasteiger partial charge in [0.05, 0.1) is 11.0 Å². The highest BCUT2D eigenvalue weighted by molar-refractivity contribution is 5.95. The van der Waals surface area contributed by atoms with Crippen LogP contribution in [0, 0.1) is 15.5 Å². The molecule has 1 aromatic rings. The maximum Gasteiger partial charge on any atom is 0.311 e. The maximum absolute atomic E-state index is 12.9. The van der Waals surface area contributed by atoms with Gasteiger partial charge in [0.1, 0.15) is 0 Å². The van der Waals surface area contributed by atoms with Crippen LogP contribution in [0.3, 0.4) is 0 Å². The molecule has 1 amide bonds. The van der Waals surface area contributed by atoms with E-state index in [2.05, 4.69) is 0 Å². The number of nitro benzene ring substituents is 1. The lowest BCUT2D eigenvalue weighted by Gasteiger charge is -2.57. The predicted molar refractivity (Wildman–Crippen MR) is 91.6 cm³/mol. The molecule has 7 nitrogen and oxygen atoms in total. The monoisotopic (exact) mass is 348 g/mol. The minimum Gasteiger partial charge on any atom is -0.502 e. The Morgan fingerprint density at radius 1 is 1.44 bits per heavy atom. The van der Waals surface area contributed by atoms with Crippen molar-refractivity contribution in [2.45, 2.75) is 51.2 Å². The van der Waals surface area contributed by atoms with E-state index in [0.29, 0.717) is 6.61 Å². The molecule has 0 heterocycles. The molecule has 1 spiro atoms. The smallest absolute Gasteiger partial charge is 0.311 e. The van der Waals surface area contributed by atoms with Crippen LogP contribution in [0.4, 0.5) is 5.69 Å². The van der Waals surface area contributed by atoms with Crippen LogP contribution in [-0.4, -0.2) is 46.6 Å². The molecule has 2 atom stereocenters. The number of carbonyl (C=O) groups excluding carboxylic acids is 1. The number of carbonyl (C=O) groups is 1. The van der Waals surface area contributed by atoms with Crippen molar-refractivity contribution in [2.75, 3.05) is 13.7 Å². The van der Waals surface area contributed by atoms with Gasteiger partial charge >= 0.3 is 5.69 Å². The Labute approximate surface area is 146 Å². The van der Waals surface area contributed by atoms with Crippen molar-refractivity contribution in [3.8, 4) is 5.75 Å². The molecule has 1 N–H and O–H groups in total. The lowest BCUT2D eigenvalue weighted by atomic mass is 9.60. The zero-order chi connectivity index (χ0) is 18.2. The number of aromatic hydroxyl groups is 1. The van der Waals surface area contributed by atoms with Crippen LogP contribution in [0.25, 0.3) is 0 Å². The van der Waals surface area contributed by atoms with Gasteiger partial charge in [-0.2, -0.15) is 0 Å². The minimum absolute atomic E-state index is 0.0171. The summed E-state index contributed by atoms with van der Waals surface area (Å²) in [6, 6.07) is 3.87. The van der Waals surface area contributed by atoms with Crippen LogP contribution in [0.15, 0.2) is 18.2 Å². The van der Waals surface area contributed by atoms with Crippen LogP contribution in [0.1, 0.15) is 49.4 Å². The fourth-order valence-corrected chi connectivity index (χ4v) is 4.54. The highest BCUT2D eigenvalue weighted by atomic mass is 16.6. The van der Waals surface area contributed by atoms with E-state index in [1.807, 2.05) is 6.92 Å². The van der Waals surface area contributed by atoms with Crippen LogP contribution in [0.5, 0.6) is 5.75 Å². The quantitative estimate of drug-likeness (QED) is 0.652. The largest absolute Gasteiger partial charge is 0.502 e. The molecule has 0 saturated heterocycles. The summed E-state index contributed by atoms with van der Waals surface area (Å²) < 4.78 is 5.89. The van der Waals surface area contributed by atoms with E-state index in [4.69, 9.17) is 4.74 Å². The minimum atomic E-state index is -0.682. The fraction of sp³-hybridized carbons (Fsp3) is 0.611. The topological polar surface area (TPSA) is 92.9 Å². The molecule has 2 aliphatic rings. The number of hydrogen-bond acceptors (Lipinski definition) is 5. The summed E-state index contributed by atoms with van der Waals surface area (Å²) in [5.74, 6) is -0.689. The van der Waals surface area contributed by atoms with Gasteiger partial charge in [0.25, 0.3) is 5.91 Å². The van der Waals surface area contributed by atoms with Crippen molar-refractivity contribution in [1.29, 1.82) is 0 Å². The molecule has 25 heavy (non-hydrogen) atoms. The lowest BCUT2D eigenvalue weighted by molar-refractivity contribution is -0.385. The number of rotatable bonds is 5. The SMILES string of the molecule is CCO[C@@H]1C[C@H](N(C)C(=O)c2ccc(O)c([N+](=O)[O-])c2)C12CCCC2. The average Bonchev–Trinajstić information content (AvgIpc) is 3.10. The summed E-state index contributed by atoms with van der Waals surface area (Å²) in [4.78, 5) is 24.9. The van der Waals surface area contributed by atoms with Crippen LogP contribution >= 0.6 is 0 Å². The molecule has 2 saturated carbocycles. The summed E-state index contributed by atoms with van der Waals surface area (Å²) in [6.45, 7) is 2.65. The molecule has 2 fully saturated rings. The second-order valence-corrected chi connectivity index (χ2v) is 7.01. The number of phenols is 1. The Hall–Kier alpha value is -2.15. The second kappa shape index (κ2) is 6.63. The molecule has 2 aliphatic carbocycles. The third kappa shape index (κ3) is 2.86. The standard InChI is InChI=1S/C18H24N2O5/c1-3-25-16-11-15(18(16)8-4-5-9-18)19(2)17(22)12-6-7-14(21)13(10-12)20(23)24/h6-7,10,15-16,21H,3-5,8-9,11H2,1-2H3/t15-,16+/m0/s1. The molecule has 1 aromatic carbocycles. The molecule has 0 aromatic heterocycles. The van der Waals surface area contributed by atoms with Gasteiger partial charge in [0, 0.05) is 36.7 Å². The maximum atomic E-state index is 12.9. The Bertz CT molecular complexity index is 684. The number of phenolic OH excluding ortho intramolecular Hbond substituents is 1. The summed E-state index contributed by atoms with van der Waals surface area (Å²) in [6.07, 6.45) is 5.38. The number of nitro groups is 1. The van der Waals surface area contributed by atoms with E-state index in [1.165, 1.54) is 12.1 Å². The third-order valence-electron chi connectivity index (χ3n) is 5.85. The number of ether oxygens (including phenoxy) is 1. The van der Waals surface area contributed by atoms with Gasteiger partial charge in [-0.25, -0.2) is 0 Å². The molecule has 7 heteroatoms. The van der Waals surface area contributed by atoms with Crippen LogP contribution in [0.2, 0.25) is 0 Å². The zero-order valence-electron chi connectivity index (χ0n) is 14.6. The normalized spacial score (nSPS) is 24.1. The Morgan fingerprint density at radius 3 is 2.72 bits per heavy atom. The molecule has 0 radical (unpaired) electrons. The van der Waals surface area contributed by atoms with E-state index in [1.54, 1.807) is 11.9 Å². The first-order chi connectivity index (χ1) is 11.9. The van der Waals surface area contributed by atoms with E-state index in [-0.39, 0.29) is 29.0 Å². The van der Waals surface area contributed by atoms with Gasteiger partial charge in [-0.3, -0.25) is 14.9 Å². The highest BCUT2D eigenvalue weighted by Gasteiger charge is 2.58. The van der Waals surface area contributed by atoms with Gasteiger partial charge in [-0.1, -0.05) is 12.8 Å². The average molecular weight is 348 g/mol. The first kappa shape index (κ1) is 17.7. The van der Waals surface area contributed by atoms with Gasteiger partial charge in [0.2, 0.25) is 0 Å². The van der Waals surface area contributed by atoms with Gasteiger partial charge < -0.3 is 14.7 Å². The zero-order valence-corrected chi connectivity index (χ0v) is 14.6. The molecule has 136 valence electrons. The van der Waals surface area contributed by atoms with E-state index in [9.17, 15) is 20.0 Å². The van der Waals surface area contributed by atoms with Crippen molar-refractivity contribution in [3.05, 3.63) is 33.9 Å². The van der Waals surface area contributed by atoms with E-state index < -0.39 is 16.4 Å². The number of nitrogens with zero attached hydrogens (tertiary/aromatic N) is 2. The number of amides is 1. The van der Waals surface area contributed by atoms with E-state index >= 15 is 0 Å². The fourth-order valence-electron chi connectivity index (χ4n) is 4.54. The lowest BCUT2D eigenvalue weighted by Crippen LogP contribution is -2.64. The van der Waals surface area contributed by atoms with Gasteiger partial charge in [-0.05, 0) is 38.3 Å².